The molecule has 88 valence electrons. The van der Waals surface area contributed by atoms with E-state index in [0.29, 0.717) is 6.42 Å². The first-order valence-electron chi connectivity index (χ1n) is 5.51. The molecule has 1 atom stereocenters. The van der Waals surface area contributed by atoms with E-state index in [9.17, 15) is 9.59 Å². The topological polar surface area (TPSA) is 43.4 Å². The monoisotopic (exact) mass is 230 g/mol. The van der Waals surface area contributed by atoms with Gasteiger partial charge in [0.25, 0.3) is 0 Å². The molecule has 0 unspecified atom stereocenters. The number of carbonyl (C=O) groups excluding carboxylic acids is 2. The van der Waals surface area contributed by atoms with E-state index in [0.717, 1.165) is 5.56 Å². The zero-order valence-corrected chi connectivity index (χ0v) is 9.68. The van der Waals surface area contributed by atoms with Crippen LogP contribution in [0.15, 0.2) is 42.5 Å². The summed E-state index contributed by atoms with van der Waals surface area (Å²) < 4.78 is 4.82. The SMILES string of the molecule is COC(=O)[C@@]1(Cc2ccccc2)C=CC(=O)C1. The molecule has 1 aliphatic rings. The van der Waals surface area contributed by atoms with E-state index in [1.807, 2.05) is 30.3 Å². The van der Waals surface area contributed by atoms with Crippen molar-refractivity contribution in [1.82, 2.24) is 0 Å². The molecule has 17 heavy (non-hydrogen) atoms. The molecule has 3 heteroatoms. The van der Waals surface area contributed by atoms with Crippen LogP contribution in [0.5, 0.6) is 0 Å². The molecule has 0 fully saturated rings. The van der Waals surface area contributed by atoms with E-state index in [-0.39, 0.29) is 18.2 Å². The largest absolute Gasteiger partial charge is 0.468 e. The maximum absolute atomic E-state index is 11.9. The smallest absolute Gasteiger partial charge is 0.316 e. The third kappa shape index (κ3) is 2.28. The number of allylic oxidation sites excluding steroid dienone is 1. The number of benzene rings is 1. The summed E-state index contributed by atoms with van der Waals surface area (Å²) in [6.45, 7) is 0. The zero-order chi connectivity index (χ0) is 12.3. The van der Waals surface area contributed by atoms with Crippen LogP contribution in [0.3, 0.4) is 0 Å². The minimum absolute atomic E-state index is 0.0219. The van der Waals surface area contributed by atoms with Crippen LogP contribution in [0.2, 0.25) is 0 Å². The van der Waals surface area contributed by atoms with Crippen LogP contribution in [-0.2, 0) is 20.7 Å². The first-order valence-corrected chi connectivity index (χ1v) is 5.51. The van der Waals surface area contributed by atoms with Gasteiger partial charge in [0.15, 0.2) is 5.78 Å². The Morgan fingerprint density at radius 1 is 1.35 bits per heavy atom. The first-order chi connectivity index (χ1) is 8.16. The molecule has 0 radical (unpaired) electrons. The van der Waals surface area contributed by atoms with Gasteiger partial charge >= 0.3 is 5.97 Å². The number of esters is 1. The summed E-state index contributed by atoms with van der Waals surface area (Å²) >= 11 is 0. The second kappa shape index (κ2) is 4.53. The highest BCUT2D eigenvalue weighted by atomic mass is 16.5. The molecule has 0 bridgehead atoms. The molecule has 0 spiro atoms. The second-order valence-corrected chi connectivity index (χ2v) is 4.29. The van der Waals surface area contributed by atoms with Gasteiger partial charge in [-0.3, -0.25) is 9.59 Å². The molecule has 3 nitrogen and oxygen atoms in total. The number of carbonyl (C=O) groups is 2. The van der Waals surface area contributed by atoms with Gasteiger partial charge in [0.05, 0.1) is 12.5 Å². The summed E-state index contributed by atoms with van der Waals surface area (Å²) in [5, 5.41) is 0. The molecule has 0 saturated heterocycles. The van der Waals surface area contributed by atoms with Crippen molar-refractivity contribution in [2.24, 2.45) is 5.41 Å². The molecule has 2 rings (SSSR count). The summed E-state index contributed by atoms with van der Waals surface area (Å²) in [6, 6.07) is 9.65. The van der Waals surface area contributed by atoms with E-state index >= 15 is 0 Å². The molecule has 0 N–H and O–H groups in total. The van der Waals surface area contributed by atoms with Gasteiger partial charge in [-0.1, -0.05) is 36.4 Å². The second-order valence-electron chi connectivity index (χ2n) is 4.29. The maximum atomic E-state index is 11.9. The number of ether oxygens (including phenoxy) is 1. The molecular formula is C14H14O3. The van der Waals surface area contributed by atoms with Crippen LogP contribution >= 0.6 is 0 Å². The number of ketones is 1. The van der Waals surface area contributed by atoms with Crippen LogP contribution in [0.4, 0.5) is 0 Å². The minimum atomic E-state index is -0.812. The molecule has 1 aromatic carbocycles. The third-order valence-electron chi connectivity index (χ3n) is 3.03. The summed E-state index contributed by atoms with van der Waals surface area (Å²) in [5.41, 5.74) is 0.213. The summed E-state index contributed by atoms with van der Waals surface area (Å²) in [5.74, 6) is -0.366. The van der Waals surface area contributed by atoms with Crippen molar-refractivity contribution >= 4 is 11.8 Å². The van der Waals surface area contributed by atoms with Gasteiger partial charge < -0.3 is 4.74 Å². The fourth-order valence-electron chi connectivity index (χ4n) is 2.18. The van der Waals surface area contributed by atoms with Crippen molar-refractivity contribution in [3.8, 4) is 0 Å². The van der Waals surface area contributed by atoms with Crippen LogP contribution in [-0.4, -0.2) is 18.9 Å². The fourth-order valence-corrected chi connectivity index (χ4v) is 2.18. The van der Waals surface area contributed by atoms with Gasteiger partial charge in [-0.2, -0.15) is 0 Å². The van der Waals surface area contributed by atoms with E-state index in [1.54, 1.807) is 6.08 Å². The lowest BCUT2D eigenvalue weighted by atomic mass is 9.81. The van der Waals surface area contributed by atoms with E-state index in [1.165, 1.54) is 13.2 Å². The van der Waals surface area contributed by atoms with Crippen molar-refractivity contribution in [1.29, 1.82) is 0 Å². The first kappa shape index (κ1) is 11.6. The van der Waals surface area contributed by atoms with Gasteiger partial charge in [0.2, 0.25) is 0 Å². The molecule has 1 aromatic rings. The Bertz CT molecular complexity index is 462. The molecule has 0 heterocycles. The Kier molecular flexibility index (Phi) is 3.09. The molecular weight excluding hydrogens is 216 g/mol. The number of hydrogen-bond donors (Lipinski definition) is 0. The molecule has 0 amide bonds. The quantitative estimate of drug-likeness (QED) is 0.745. The van der Waals surface area contributed by atoms with Crippen molar-refractivity contribution < 1.29 is 14.3 Å². The Balaban J connectivity index is 2.27. The van der Waals surface area contributed by atoms with E-state index in [4.69, 9.17) is 4.74 Å². The highest BCUT2D eigenvalue weighted by Gasteiger charge is 2.42. The van der Waals surface area contributed by atoms with Gasteiger partial charge in [-0.05, 0) is 18.1 Å². The van der Waals surface area contributed by atoms with Gasteiger partial charge in [0, 0.05) is 6.42 Å². The minimum Gasteiger partial charge on any atom is -0.468 e. The molecule has 0 aliphatic heterocycles. The summed E-state index contributed by atoms with van der Waals surface area (Å²) in [7, 11) is 1.35. The van der Waals surface area contributed by atoms with Crippen LogP contribution in [0, 0.1) is 5.41 Å². The number of rotatable bonds is 3. The molecule has 1 aliphatic carbocycles. The van der Waals surface area contributed by atoms with Crippen molar-refractivity contribution in [2.45, 2.75) is 12.8 Å². The van der Waals surface area contributed by atoms with Crippen LogP contribution in [0.25, 0.3) is 0 Å². The van der Waals surface area contributed by atoms with Crippen molar-refractivity contribution in [2.75, 3.05) is 7.11 Å². The predicted molar refractivity (Wildman–Crippen MR) is 63.4 cm³/mol. The van der Waals surface area contributed by atoms with E-state index < -0.39 is 5.41 Å². The van der Waals surface area contributed by atoms with Gasteiger partial charge in [-0.25, -0.2) is 0 Å². The fraction of sp³-hybridized carbons (Fsp3) is 0.286. The molecule has 0 aromatic heterocycles. The Hall–Kier alpha value is -1.90. The lowest BCUT2D eigenvalue weighted by Gasteiger charge is -2.23. The average Bonchev–Trinajstić information content (AvgIpc) is 2.72. The number of methoxy groups -OCH3 is 1. The zero-order valence-electron chi connectivity index (χ0n) is 9.68. The Morgan fingerprint density at radius 2 is 2.06 bits per heavy atom. The highest BCUT2D eigenvalue weighted by Crippen LogP contribution is 2.35. The maximum Gasteiger partial charge on any atom is 0.316 e. The van der Waals surface area contributed by atoms with Gasteiger partial charge in [0.1, 0.15) is 0 Å². The van der Waals surface area contributed by atoms with Crippen LogP contribution < -0.4 is 0 Å². The lowest BCUT2D eigenvalue weighted by molar-refractivity contribution is -0.150. The Morgan fingerprint density at radius 3 is 2.59 bits per heavy atom. The number of hydrogen-bond acceptors (Lipinski definition) is 3. The standard InChI is InChI=1S/C14H14O3/c1-17-13(16)14(8-7-12(15)10-14)9-11-5-3-2-4-6-11/h2-8H,9-10H2,1H3/t14-/m1/s1. The predicted octanol–water partition coefficient (Wildman–Crippen LogP) is 1.92. The highest BCUT2D eigenvalue weighted by molar-refractivity contribution is 5.99. The summed E-state index contributed by atoms with van der Waals surface area (Å²) in [6.07, 6.45) is 3.85. The molecule has 0 saturated carbocycles. The summed E-state index contributed by atoms with van der Waals surface area (Å²) in [4.78, 5) is 23.2. The van der Waals surface area contributed by atoms with Crippen LogP contribution in [0.1, 0.15) is 12.0 Å². The lowest BCUT2D eigenvalue weighted by Crippen LogP contribution is -2.31. The normalized spacial score (nSPS) is 22.8. The third-order valence-corrected chi connectivity index (χ3v) is 3.03. The average molecular weight is 230 g/mol. The van der Waals surface area contributed by atoms with Crippen molar-refractivity contribution in [3.63, 3.8) is 0 Å². The van der Waals surface area contributed by atoms with Crippen molar-refractivity contribution in [3.05, 3.63) is 48.0 Å². The van der Waals surface area contributed by atoms with Gasteiger partial charge in [-0.15, -0.1) is 0 Å². The Labute approximate surface area is 100 Å². The van der Waals surface area contributed by atoms with E-state index in [2.05, 4.69) is 0 Å².